The summed E-state index contributed by atoms with van der Waals surface area (Å²) in [6, 6.07) is 26.2. The highest BCUT2D eigenvalue weighted by atomic mass is 16.3. The quantitative estimate of drug-likeness (QED) is 0.0383. The van der Waals surface area contributed by atoms with Crippen LogP contribution in [0, 0.1) is 0 Å². The molecule has 6 aromatic rings. The lowest BCUT2D eigenvalue weighted by molar-refractivity contribution is -0.698. The smallest absolute Gasteiger partial charge is 0.171 e. The van der Waals surface area contributed by atoms with E-state index in [1.165, 1.54) is 0 Å². The van der Waals surface area contributed by atoms with Gasteiger partial charge in [0.05, 0.1) is 11.4 Å². The Hall–Kier alpha value is -5.90. The fourth-order valence-electron chi connectivity index (χ4n) is 5.36. The molecule has 0 aliphatic carbocycles. The van der Waals surface area contributed by atoms with Crippen LogP contribution in [0.4, 0.5) is 34.1 Å². The first-order valence-corrected chi connectivity index (χ1v) is 15.3. The molecule has 2 aromatic heterocycles. The molecule has 10 heteroatoms. The van der Waals surface area contributed by atoms with Gasteiger partial charge in [-0.2, -0.15) is 10.2 Å². The number of unbranched alkanes of at least 4 members (excludes halogenated alkanes) is 3. The third-order valence-corrected chi connectivity index (χ3v) is 7.94. The Bertz CT molecular complexity index is 1890. The number of pyridine rings is 2. The molecule has 0 saturated heterocycles. The van der Waals surface area contributed by atoms with Crippen LogP contribution in [0.2, 0.25) is 0 Å². The number of nitrogens with two attached hydrogens (primary N) is 2. The predicted octanol–water partition coefficient (Wildman–Crippen LogP) is 8.24. The predicted molar refractivity (Wildman–Crippen MR) is 180 cm³/mol. The van der Waals surface area contributed by atoms with Gasteiger partial charge in [0, 0.05) is 47.9 Å². The zero-order valence-corrected chi connectivity index (χ0v) is 25.4. The van der Waals surface area contributed by atoms with E-state index in [-0.39, 0.29) is 22.9 Å². The summed E-state index contributed by atoms with van der Waals surface area (Å²) >= 11 is 0. The molecule has 0 aliphatic heterocycles. The number of hydrogen-bond donors (Lipinski definition) is 4. The molecule has 0 aliphatic rings. The lowest BCUT2D eigenvalue weighted by Gasteiger charge is -2.07. The molecule has 0 unspecified atom stereocenters. The van der Waals surface area contributed by atoms with Crippen molar-refractivity contribution in [3.63, 3.8) is 0 Å². The monoisotopic (exact) mass is 612 g/mol. The molecule has 6 N–H and O–H groups in total. The molecular formula is C36H36N8O2+2. The van der Waals surface area contributed by atoms with Gasteiger partial charge in [0.15, 0.2) is 24.8 Å². The van der Waals surface area contributed by atoms with Gasteiger partial charge in [-0.15, -0.1) is 10.2 Å². The van der Waals surface area contributed by atoms with Crippen LogP contribution in [0.15, 0.2) is 130 Å². The second-order valence-corrected chi connectivity index (χ2v) is 11.2. The molecule has 0 saturated carbocycles. The molecule has 0 atom stereocenters. The van der Waals surface area contributed by atoms with Crippen LogP contribution in [0.5, 0.6) is 11.5 Å². The summed E-state index contributed by atoms with van der Waals surface area (Å²) in [4.78, 5) is 0. The van der Waals surface area contributed by atoms with Crippen LogP contribution >= 0.6 is 0 Å². The van der Waals surface area contributed by atoms with E-state index in [2.05, 4.69) is 29.6 Å². The molecule has 10 nitrogen and oxygen atoms in total. The van der Waals surface area contributed by atoms with E-state index in [4.69, 9.17) is 11.5 Å². The Balaban J connectivity index is 0.949. The maximum absolute atomic E-state index is 10.2. The Kier molecular flexibility index (Phi) is 9.05. The van der Waals surface area contributed by atoms with Crippen molar-refractivity contribution in [2.75, 3.05) is 11.5 Å². The van der Waals surface area contributed by atoms with Crippen molar-refractivity contribution < 1.29 is 19.3 Å². The van der Waals surface area contributed by atoms with Gasteiger partial charge in [-0.1, -0.05) is 48.5 Å². The Morgan fingerprint density at radius 3 is 1.30 bits per heavy atom. The third-order valence-electron chi connectivity index (χ3n) is 7.94. The minimum atomic E-state index is 0.000277. The van der Waals surface area contributed by atoms with E-state index in [1.807, 2.05) is 97.6 Å². The summed E-state index contributed by atoms with van der Waals surface area (Å²) in [6.45, 7) is 1.85. The number of phenolic OH excluding ortho intramolecular Hbond substituents is 2. The number of azo groups is 2. The number of nitrogen functional groups attached to an aromatic ring is 2. The third kappa shape index (κ3) is 6.91. The summed E-state index contributed by atoms with van der Waals surface area (Å²) < 4.78 is 4.29. The highest BCUT2D eigenvalue weighted by Crippen LogP contribution is 2.40. The van der Waals surface area contributed by atoms with Gasteiger partial charge in [0.25, 0.3) is 0 Å². The van der Waals surface area contributed by atoms with Crippen molar-refractivity contribution in [1.29, 1.82) is 0 Å². The van der Waals surface area contributed by atoms with Crippen molar-refractivity contribution in [1.82, 2.24) is 0 Å². The molecular weight excluding hydrogens is 576 g/mol. The number of fused-ring (bicyclic) bond motifs is 2. The molecule has 6 rings (SSSR count). The number of anilines is 2. The summed E-state index contributed by atoms with van der Waals surface area (Å²) in [6.07, 6.45) is 12.4. The van der Waals surface area contributed by atoms with Crippen LogP contribution in [-0.2, 0) is 13.1 Å². The van der Waals surface area contributed by atoms with E-state index < -0.39 is 0 Å². The van der Waals surface area contributed by atoms with Gasteiger partial charge < -0.3 is 21.7 Å². The van der Waals surface area contributed by atoms with E-state index >= 15 is 0 Å². The summed E-state index contributed by atoms with van der Waals surface area (Å²) in [7, 11) is 0. The molecule has 2 heterocycles. The Labute approximate surface area is 266 Å². The number of aromatic hydroxyl groups is 2. The number of aryl methyl sites for hydroxylation is 2. The van der Waals surface area contributed by atoms with E-state index in [0.29, 0.717) is 22.7 Å². The zero-order valence-electron chi connectivity index (χ0n) is 25.4. The van der Waals surface area contributed by atoms with Gasteiger partial charge in [0.1, 0.15) is 47.3 Å². The molecule has 4 aromatic carbocycles. The minimum Gasteiger partial charge on any atom is -0.506 e. The minimum absolute atomic E-state index is 0.000277. The maximum atomic E-state index is 10.2. The van der Waals surface area contributed by atoms with Crippen molar-refractivity contribution >= 4 is 55.7 Å². The van der Waals surface area contributed by atoms with Crippen molar-refractivity contribution in [2.24, 2.45) is 20.5 Å². The average molecular weight is 613 g/mol. The molecule has 0 spiro atoms. The first-order chi connectivity index (χ1) is 22.5. The van der Waals surface area contributed by atoms with Gasteiger partial charge in [-0.3, -0.25) is 0 Å². The van der Waals surface area contributed by atoms with Crippen LogP contribution in [0.3, 0.4) is 0 Å². The summed E-state index contributed by atoms with van der Waals surface area (Å²) in [5.74, 6) is 0.000554. The molecule has 0 bridgehead atoms. The highest BCUT2D eigenvalue weighted by Gasteiger charge is 2.12. The normalized spacial score (nSPS) is 11.7. The first-order valence-electron chi connectivity index (χ1n) is 15.3. The van der Waals surface area contributed by atoms with Gasteiger partial charge in [-0.05, 0) is 35.7 Å². The molecule has 0 amide bonds. The summed E-state index contributed by atoms with van der Waals surface area (Å²) in [5, 5.41) is 41.2. The van der Waals surface area contributed by atoms with Crippen LogP contribution < -0.4 is 20.6 Å². The molecule has 0 radical (unpaired) electrons. The van der Waals surface area contributed by atoms with Crippen LogP contribution in [-0.4, -0.2) is 10.2 Å². The second-order valence-electron chi connectivity index (χ2n) is 11.2. The molecule has 230 valence electrons. The fourth-order valence-corrected chi connectivity index (χ4v) is 5.36. The van der Waals surface area contributed by atoms with E-state index in [0.717, 1.165) is 60.3 Å². The van der Waals surface area contributed by atoms with Crippen molar-refractivity contribution in [3.05, 3.63) is 110 Å². The van der Waals surface area contributed by atoms with E-state index in [1.54, 1.807) is 12.1 Å². The number of nitrogens with zero attached hydrogens (tertiary/aromatic N) is 6. The van der Waals surface area contributed by atoms with Crippen LogP contribution in [0.25, 0.3) is 21.5 Å². The largest absolute Gasteiger partial charge is 0.506 e. The Morgan fingerprint density at radius 2 is 0.891 bits per heavy atom. The van der Waals surface area contributed by atoms with Crippen molar-refractivity contribution in [2.45, 2.75) is 38.8 Å². The number of aromatic nitrogens is 2. The standard InChI is InChI=1S/C36H34N8O2/c37-33-31(45)23-25-9-3-5-11-29(25)35(33)41-39-27-13-19-43(20-14-27)17-7-1-2-8-18-44-21-15-28(16-22-44)40-42-36-30-12-6-4-10-26(30)24-32(46)34(36)38/h3-6,9-16,19-24,37-38H,1-2,7-8,17-18H2,(H2,41,42,45,46)/p+2. The van der Waals surface area contributed by atoms with Gasteiger partial charge in [0.2, 0.25) is 0 Å². The number of hydrogen-bond acceptors (Lipinski definition) is 8. The van der Waals surface area contributed by atoms with E-state index in [9.17, 15) is 10.2 Å². The topological polar surface area (TPSA) is 150 Å². The van der Waals surface area contributed by atoms with Crippen LogP contribution in [0.1, 0.15) is 25.7 Å². The SMILES string of the molecule is Nc1c(O)cc2ccccc2c1N=Nc1cc[n+](CCCCCC[n+]2ccc(/N=N/c3c(N)c(O)cc4ccccc34)cc2)cc1. The number of phenols is 2. The average Bonchev–Trinajstić information content (AvgIpc) is 3.08. The number of rotatable bonds is 11. The van der Waals surface area contributed by atoms with Gasteiger partial charge >= 0.3 is 0 Å². The summed E-state index contributed by atoms with van der Waals surface area (Å²) in [5.41, 5.74) is 15.0. The second kappa shape index (κ2) is 13.8. The highest BCUT2D eigenvalue weighted by molar-refractivity contribution is 6.01. The number of benzene rings is 4. The van der Waals surface area contributed by atoms with Gasteiger partial charge in [-0.25, -0.2) is 9.13 Å². The Morgan fingerprint density at radius 1 is 0.500 bits per heavy atom. The lowest BCUT2D eigenvalue weighted by Crippen LogP contribution is -2.33. The first kappa shape index (κ1) is 30.1. The zero-order chi connectivity index (χ0) is 31.9. The molecule has 0 fully saturated rings. The lowest BCUT2D eigenvalue weighted by atomic mass is 10.1. The maximum Gasteiger partial charge on any atom is 0.171 e. The van der Waals surface area contributed by atoms with Crippen molar-refractivity contribution in [3.8, 4) is 11.5 Å². The molecule has 46 heavy (non-hydrogen) atoms. The fraction of sp³-hybridized carbons (Fsp3) is 0.167.